The number of rotatable bonds is 11. The van der Waals surface area contributed by atoms with Crippen molar-refractivity contribution < 1.29 is 51.9 Å². The third kappa shape index (κ3) is 10.6. The SMILES string of the molecule is CS(=O)CCCC/C(=N\S(=O)(=O)O)S[C@@H]1O[C@H](COC(=O)/C=C/c2ccc(O)cc2)[C@@H](O)[C@H](O)[C@H]1O. The summed E-state index contributed by atoms with van der Waals surface area (Å²) in [5, 5.41) is 40.0. The van der Waals surface area contributed by atoms with Crippen molar-refractivity contribution >= 4 is 50.0 Å². The molecule has 1 unspecified atom stereocenters. The third-order valence-corrected chi connectivity index (χ3v) is 7.53. The van der Waals surface area contributed by atoms with Gasteiger partial charge in [0.1, 0.15) is 42.2 Å². The van der Waals surface area contributed by atoms with Crippen LogP contribution in [-0.4, -0.2) is 97.1 Å². The van der Waals surface area contributed by atoms with Crippen molar-refractivity contribution in [2.75, 3.05) is 18.6 Å². The lowest BCUT2D eigenvalue weighted by atomic mass is 10.0. The highest BCUT2D eigenvalue weighted by atomic mass is 32.2. The first kappa shape index (κ1) is 30.4. The molecule has 12 nitrogen and oxygen atoms in total. The van der Waals surface area contributed by atoms with E-state index in [1.54, 1.807) is 12.1 Å². The fourth-order valence-corrected chi connectivity index (χ4v) is 5.53. The number of unbranched alkanes of at least 4 members (excludes halogenated alkanes) is 1. The van der Waals surface area contributed by atoms with Crippen LogP contribution in [0.15, 0.2) is 34.7 Å². The summed E-state index contributed by atoms with van der Waals surface area (Å²) in [7, 11) is -5.81. The fraction of sp³-hybridized carbons (Fsp3) is 0.524. The van der Waals surface area contributed by atoms with E-state index in [4.69, 9.17) is 14.0 Å². The van der Waals surface area contributed by atoms with E-state index in [1.165, 1.54) is 24.5 Å². The van der Waals surface area contributed by atoms with E-state index >= 15 is 0 Å². The second-order valence-corrected chi connectivity index (χ2v) is 11.7. The lowest BCUT2D eigenvalue weighted by Gasteiger charge is -2.40. The molecule has 1 aliphatic heterocycles. The van der Waals surface area contributed by atoms with Gasteiger partial charge >= 0.3 is 16.3 Å². The number of carbonyl (C=O) groups is 1. The Labute approximate surface area is 215 Å². The highest BCUT2D eigenvalue weighted by Gasteiger charge is 2.45. The van der Waals surface area contributed by atoms with Crippen LogP contribution in [0.1, 0.15) is 24.8 Å². The standard InChI is InChI=1S/C21H29NO11S3/c1-35(28)11-3-2-4-16(22-36(29,30)31)34-21-20(27)19(26)18(25)15(33-21)12-32-17(24)10-7-13-5-8-14(23)9-6-13/h5-10,15,18-21,23,25-27H,2-4,11-12H2,1H3,(H,29,30,31)/b10-7+,22-16+/t15-,18-,19+,20-,21+,35?/m1/s1. The summed E-state index contributed by atoms with van der Waals surface area (Å²) in [6.45, 7) is -0.492. The highest BCUT2D eigenvalue weighted by molar-refractivity contribution is 8.14. The zero-order valence-corrected chi connectivity index (χ0v) is 21.7. The normalized spacial score (nSPS) is 26.1. The number of hydrogen-bond acceptors (Lipinski definition) is 11. The lowest BCUT2D eigenvalue weighted by Crippen LogP contribution is -2.58. The Morgan fingerprint density at radius 2 is 1.83 bits per heavy atom. The molecule has 6 atom stereocenters. The van der Waals surface area contributed by atoms with Crippen molar-refractivity contribution in [2.45, 2.75) is 49.1 Å². The van der Waals surface area contributed by atoms with Crippen LogP contribution in [0.4, 0.5) is 0 Å². The van der Waals surface area contributed by atoms with Crippen LogP contribution in [0.3, 0.4) is 0 Å². The molecular formula is C21H29NO11S3. The molecule has 0 amide bonds. The van der Waals surface area contributed by atoms with Crippen molar-refractivity contribution in [3.05, 3.63) is 35.9 Å². The molecule has 0 radical (unpaired) electrons. The quantitative estimate of drug-likeness (QED) is 0.0610. The highest BCUT2D eigenvalue weighted by Crippen LogP contribution is 2.31. The van der Waals surface area contributed by atoms with E-state index in [1.807, 2.05) is 0 Å². The monoisotopic (exact) mass is 567 g/mol. The van der Waals surface area contributed by atoms with Crippen LogP contribution in [-0.2, 0) is 35.4 Å². The van der Waals surface area contributed by atoms with Gasteiger partial charge in [0.25, 0.3) is 0 Å². The summed E-state index contributed by atoms with van der Waals surface area (Å²) in [6, 6.07) is 6.01. The molecule has 202 valence electrons. The van der Waals surface area contributed by atoms with Gasteiger partial charge in [0.15, 0.2) is 0 Å². The number of nitrogens with zero attached hydrogens (tertiary/aromatic N) is 1. The second-order valence-electron chi connectivity index (χ2n) is 7.85. The van der Waals surface area contributed by atoms with E-state index in [9.17, 15) is 37.8 Å². The molecule has 1 fully saturated rings. The summed E-state index contributed by atoms with van der Waals surface area (Å²) in [5.41, 5.74) is -0.690. The van der Waals surface area contributed by atoms with Gasteiger partial charge in [0.05, 0.1) is 5.04 Å². The maximum Gasteiger partial charge on any atom is 0.379 e. The number of thioether (sulfide) groups is 1. The van der Waals surface area contributed by atoms with Crippen molar-refractivity contribution in [1.82, 2.24) is 0 Å². The molecule has 1 heterocycles. The molecule has 36 heavy (non-hydrogen) atoms. The summed E-state index contributed by atoms with van der Waals surface area (Å²) >= 11 is 0.629. The smallest absolute Gasteiger partial charge is 0.379 e. The summed E-state index contributed by atoms with van der Waals surface area (Å²) in [6.07, 6.45) is -1.26. The second kappa shape index (κ2) is 14.2. The zero-order valence-electron chi connectivity index (χ0n) is 19.2. The van der Waals surface area contributed by atoms with Gasteiger partial charge in [-0.1, -0.05) is 23.9 Å². The molecule has 0 spiro atoms. The van der Waals surface area contributed by atoms with Crippen LogP contribution < -0.4 is 0 Å². The van der Waals surface area contributed by atoms with Crippen molar-refractivity contribution in [1.29, 1.82) is 0 Å². The predicted molar refractivity (Wildman–Crippen MR) is 134 cm³/mol. The average molecular weight is 568 g/mol. The van der Waals surface area contributed by atoms with E-state index in [0.717, 1.165) is 6.08 Å². The topological polar surface area (TPSA) is 200 Å². The van der Waals surface area contributed by atoms with Crippen molar-refractivity contribution in [3.8, 4) is 5.75 Å². The van der Waals surface area contributed by atoms with Gasteiger partial charge in [0.2, 0.25) is 0 Å². The van der Waals surface area contributed by atoms with E-state index in [-0.39, 0.29) is 17.2 Å². The zero-order chi connectivity index (χ0) is 26.9. The molecule has 1 aliphatic rings. The molecule has 0 bridgehead atoms. The number of aliphatic hydroxyl groups is 3. The van der Waals surface area contributed by atoms with Crippen LogP contribution in [0.5, 0.6) is 5.75 Å². The molecular weight excluding hydrogens is 538 g/mol. The largest absolute Gasteiger partial charge is 0.508 e. The number of phenolic OH excluding ortho intramolecular Hbond substituents is 1. The number of ether oxygens (including phenoxy) is 2. The Morgan fingerprint density at radius 1 is 1.17 bits per heavy atom. The number of hydrogen-bond donors (Lipinski definition) is 5. The summed E-state index contributed by atoms with van der Waals surface area (Å²) in [5.74, 6) is -0.342. The first-order chi connectivity index (χ1) is 16.9. The van der Waals surface area contributed by atoms with Crippen LogP contribution in [0.2, 0.25) is 0 Å². The van der Waals surface area contributed by atoms with Crippen molar-refractivity contribution in [2.24, 2.45) is 4.40 Å². The van der Waals surface area contributed by atoms with E-state index in [2.05, 4.69) is 4.40 Å². The number of benzene rings is 1. The van der Waals surface area contributed by atoms with Crippen molar-refractivity contribution in [3.63, 3.8) is 0 Å². The van der Waals surface area contributed by atoms with Gasteiger partial charge in [-0.05, 0) is 43.0 Å². The van der Waals surface area contributed by atoms with Gasteiger partial charge < -0.3 is 29.9 Å². The molecule has 1 aromatic carbocycles. The Balaban J connectivity index is 2.02. The van der Waals surface area contributed by atoms with Crippen LogP contribution >= 0.6 is 11.8 Å². The molecule has 0 aromatic heterocycles. The van der Waals surface area contributed by atoms with Gasteiger partial charge in [-0.2, -0.15) is 8.42 Å². The van der Waals surface area contributed by atoms with Gasteiger partial charge in [0, 0.05) is 28.9 Å². The molecule has 15 heteroatoms. The number of carbonyl (C=O) groups excluding carboxylic acids is 1. The number of esters is 1. The summed E-state index contributed by atoms with van der Waals surface area (Å²) in [4.78, 5) is 12.0. The summed E-state index contributed by atoms with van der Waals surface area (Å²) < 4.78 is 56.8. The average Bonchev–Trinajstić information content (AvgIpc) is 2.79. The minimum absolute atomic E-state index is 0.0502. The molecule has 0 saturated carbocycles. The number of aromatic hydroxyl groups is 1. The predicted octanol–water partition coefficient (Wildman–Crippen LogP) is 0.239. The third-order valence-electron chi connectivity index (χ3n) is 4.91. The maximum atomic E-state index is 12.0. The van der Waals surface area contributed by atoms with Gasteiger partial charge in [-0.3, -0.25) is 8.76 Å². The molecule has 5 N–H and O–H groups in total. The first-order valence-corrected chi connectivity index (χ1v) is 14.7. The number of phenols is 1. The first-order valence-electron chi connectivity index (χ1n) is 10.7. The minimum atomic E-state index is -4.77. The van der Waals surface area contributed by atoms with Crippen LogP contribution in [0.25, 0.3) is 6.08 Å². The minimum Gasteiger partial charge on any atom is -0.508 e. The van der Waals surface area contributed by atoms with Gasteiger partial charge in [-0.15, -0.1) is 4.40 Å². The Morgan fingerprint density at radius 3 is 2.44 bits per heavy atom. The maximum absolute atomic E-state index is 12.0. The molecule has 2 rings (SSSR count). The Bertz CT molecular complexity index is 1060. The Kier molecular flexibility index (Phi) is 12.0. The molecule has 1 saturated heterocycles. The number of aliphatic hydroxyl groups excluding tert-OH is 3. The van der Waals surface area contributed by atoms with Crippen LogP contribution in [0, 0.1) is 0 Å². The Hall–Kier alpha value is -1.85. The fourth-order valence-electron chi connectivity index (χ4n) is 3.08. The van der Waals surface area contributed by atoms with Gasteiger partial charge in [-0.25, -0.2) is 4.79 Å². The molecule has 1 aromatic rings. The molecule has 0 aliphatic carbocycles. The lowest BCUT2D eigenvalue weighted by molar-refractivity contribution is -0.209. The van der Waals surface area contributed by atoms with E-state index < -0.39 is 63.5 Å². The van der Waals surface area contributed by atoms with E-state index in [0.29, 0.717) is 35.9 Å².